The van der Waals surface area contributed by atoms with Crippen LogP contribution in [0.15, 0.2) is 43.2 Å². The summed E-state index contributed by atoms with van der Waals surface area (Å²) in [5.74, 6) is -0.925. The normalized spacial score (nSPS) is 11.8. The number of hydrogen-bond acceptors (Lipinski definition) is 7. The molecule has 0 saturated heterocycles. The molecule has 2 amide bonds. The van der Waals surface area contributed by atoms with Gasteiger partial charge in [-0.3, -0.25) is 14.6 Å². The number of ether oxygens (including phenoxy) is 1. The van der Waals surface area contributed by atoms with E-state index in [9.17, 15) is 9.59 Å². The second kappa shape index (κ2) is 11.5. The third-order valence-electron chi connectivity index (χ3n) is 4.38. The molecule has 3 aromatic heterocycles. The van der Waals surface area contributed by atoms with Crippen LogP contribution in [-0.4, -0.2) is 51.6 Å². The van der Waals surface area contributed by atoms with E-state index < -0.39 is 5.92 Å². The number of carbonyl (C=O) groups is 2. The van der Waals surface area contributed by atoms with Gasteiger partial charge in [0.25, 0.3) is 5.91 Å². The number of rotatable bonds is 11. The van der Waals surface area contributed by atoms with Crippen molar-refractivity contribution in [2.24, 2.45) is 5.92 Å². The van der Waals surface area contributed by atoms with Gasteiger partial charge in [0.15, 0.2) is 5.13 Å². The van der Waals surface area contributed by atoms with Gasteiger partial charge in [-0.15, -0.1) is 0 Å². The lowest BCUT2D eigenvalue weighted by Gasteiger charge is -2.14. The van der Waals surface area contributed by atoms with Crippen molar-refractivity contribution < 1.29 is 14.3 Å². The minimum Gasteiger partial charge on any atom is -0.384 e. The number of anilines is 1. The third-order valence-corrected chi connectivity index (χ3v) is 5.52. The maximum absolute atomic E-state index is 12.7. The zero-order chi connectivity index (χ0) is 22.1. The van der Waals surface area contributed by atoms with Crippen LogP contribution < -0.4 is 10.6 Å². The number of carbonyl (C=O) groups excluding carboxylic acids is 2. The maximum Gasteiger partial charge on any atom is 0.263 e. The molecule has 3 heterocycles. The fraction of sp³-hybridized carbons (Fsp3) is 0.350. The molecule has 164 valence electrons. The van der Waals surface area contributed by atoms with Gasteiger partial charge in [0, 0.05) is 50.9 Å². The number of thiazole rings is 1. The smallest absolute Gasteiger partial charge is 0.263 e. The lowest BCUT2D eigenvalue weighted by atomic mass is 10.0. The Kier molecular flexibility index (Phi) is 8.51. The number of nitrogens with zero attached hydrogens (tertiary/aromatic N) is 4. The molecule has 0 saturated carbocycles. The standard InChI is InChI=1S/C20H23ClN6O3S/c1-30-12-14(9-16-4-3-15(21)10-24-16)18(28)26-20-25-11-17(31-20)19(29)23-5-2-7-27-8-6-22-13-27/h3-4,6,8,10-11,13-14H,2,5,7,9,12H2,1H3,(H,23,29)(H,25,26,28). The van der Waals surface area contributed by atoms with E-state index in [4.69, 9.17) is 16.3 Å². The Bertz CT molecular complexity index is 977. The number of nitrogens with one attached hydrogen (secondary N) is 2. The largest absolute Gasteiger partial charge is 0.384 e. The number of imidazole rings is 1. The summed E-state index contributed by atoms with van der Waals surface area (Å²) in [5.41, 5.74) is 0.733. The van der Waals surface area contributed by atoms with Crippen LogP contribution in [0.4, 0.5) is 5.13 Å². The second-order valence-electron chi connectivity index (χ2n) is 6.75. The summed E-state index contributed by atoms with van der Waals surface area (Å²) in [7, 11) is 1.54. The van der Waals surface area contributed by atoms with Gasteiger partial charge in [0.1, 0.15) is 4.88 Å². The highest BCUT2D eigenvalue weighted by molar-refractivity contribution is 7.17. The molecule has 1 atom stereocenters. The Morgan fingerprint density at radius 2 is 2.16 bits per heavy atom. The van der Waals surface area contributed by atoms with Gasteiger partial charge in [0.2, 0.25) is 5.91 Å². The van der Waals surface area contributed by atoms with E-state index >= 15 is 0 Å². The van der Waals surface area contributed by atoms with Crippen molar-refractivity contribution in [1.82, 2.24) is 24.8 Å². The van der Waals surface area contributed by atoms with Gasteiger partial charge >= 0.3 is 0 Å². The molecule has 3 rings (SSSR count). The summed E-state index contributed by atoms with van der Waals surface area (Å²) in [5, 5.41) is 6.51. The number of methoxy groups -OCH3 is 1. The van der Waals surface area contributed by atoms with Crippen LogP contribution in [0.2, 0.25) is 5.02 Å². The summed E-state index contributed by atoms with van der Waals surface area (Å²) in [6, 6.07) is 3.50. The van der Waals surface area contributed by atoms with E-state index in [0.29, 0.717) is 28.0 Å². The number of hydrogen-bond donors (Lipinski definition) is 2. The number of aromatic nitrogens is 4. The van der Waals surface area contributed by atoms with Crippen molar-refractivity contribution in [2.45, 2.75) is 19.4 Å². The Hall–Kier alpha value is -2.82. The van der Waals surface area contributed by atoms with Crippen LogP contribution in [0.5, 0.6) is 0 Å². The molecule has 1 unspecified atom stereocenters. The number of amides is 2. The predicted molar refractivity (Wildman–Crippen MR) is 118 cm³/mol. The van der Waals surface area contributed by atoms with Crippen molar-refractivity contribution in [1.29, 1.82) is 0 Å². The first-order valence-electron chi connectivity index (χ1n) is 9.65. The fourth-order valence-electron chi connectivity index (χ4n) is 2.82. The van der Waals surface area contributed by atoms with Gasteiger partial charge in [-0.2, -0.15) is 0 Å². The Morgan fingerprint density at radius 1 is 1.29 bits per heavy atom. The Morgan fingerprint density at radius 3 is 2.87 bits per heavy atom. The highest BCUT2D eigenvalue weighted by atomic mass is 35.5. The van der Waals surface area contributed by atoms with Crippen LogP contribution in [-0.2, 0) is 22.5 Å². The molecular weight excluding hydrogens is 440 g/mol. The first-order chi connectivity index (χ1) is 15.0. The van der Waals surface area contributed by atoms with Crippen molar-refractivity contribution in [3.8, 4) is 0 Å². The molecule has 0 bridgehead atoms. The van der Waals surface area contributed by atoms with E-state index in [-0.39, 0.29) is 18.4 Å². The van der Waals surface area contributed by atoms with Crippen LogP contribution >= 0.6 is 22.9 Å². The van der Waals surface area contributed by atoms with Crippen LogP contribution in [0.3, 0.4) is 0 Å². The first kappa shape index (κ1) is 22.9. The topological polar surface area (TPSA) is 111 Å². The molecule has 0 radical (unpaired) electrons. The van der Waals surface area contributed by atoms with E-state index in [2.05, 4.69) is 25.6 Å². The van der Waals surface area contributed by atoms with Crippen molar-refractivity contribution in [3.63, 3.8) is 0 Å². The van der Waals surface area contributed by atoms with Gasteiger partial charge in [-0.25, -0.2) is 9.97 Å². The average molecular weight is 463 g/mol. The molecule has 0 aromatic carbocycles. The Labute approximate surface area is 188 Å². The molecule has 2 N–H and O–H groups in total. The quantitative estimate of drug-likeness (QED) is 0.424. The molecule has 0 aliphatic rings. The van der Waals surface area contributed by atoms with Crippen molar-refractivity contribution in [3.05, 3.63) is 58.8 Å². The second-order valence-corrected chi connectivity index (χ2v) is 8.22. The van der Waals surface area contributed by atoms with Crippen LogP contribution in [0.25, 0.3) is 0 Å². The van der Waals surface area contributed by atoms with Gasteiger partial charge in [-0.1, -0.05) is 22.9 Å². The molecule has 0 aliphatic heterocycles. The molecule has 31 heavy (non-hydrogen) atoms. The predicted octanol–water partition coefficient (Wildman–Crippen LogP) is 2.65. The monoisotopic (exact) mass is 462 g/mol. The molecule has 9 nitrogen and oxygen atoms in total. The van der Waals surface area contributed by atoms with E-state index in [1.807, 2.05) is 10.8 Å². The summed E-state index contributed by atoms with van der Waals surface area (Å²) in [6.07, 6.45) is 9.50. The molecule has 3 aromatic rings. The first-order valence-corrected chi connectivity index (χ1v) is 10.8. The zero-order valence-corrected chi connectivity index (χ0v) is 18.5. The number of halogens is 1. The van der Waals surface area contributed by atoms with Gasteiger partial charge in [0.05, 0.1) is 30.1 Å². The zero-order valence-electron chi connectivity index (χ0n) is 17.0. The summed E-state index contributed by atoms with van der Waals surface area (Å²) in [6.45, 7) is 1.53. The summed E-state index contributed by atoms with van der Waals surface area (Å²) >= 11 is 6.99. The molecule has 11 heteroatoms. The maximum atomic E-state index is 12.7. The van der Waals surface area contributed by atoms with Crippen molar-refractivity contribution in [2.75, 3.05) is 25.6 Å². The minimum absolute atomic E-state index is 0.220. The fourth-order valence-corrected chi connectivity index (χ4v) is 3.67. The third kappa shape index (κ3) is 7.12. The Balaban J connectivity index is 1.49. The summed E-state index contributed by atoms with van der Waals surface area (Å²) in [4.78, 5) is 37.8. The minimum atomic E-state index is -0.456. The number of aryl methyl sites for hydroxylation is 1. The SMILES string of the molecule is COCC(Cc1ccc(Cl)cn1)C(=O)Nc1ncc(C(=O)NCCCn2ccnc2)s1. The van der Waals surface area contributed by atoms with E-state index in [1.165, 1.54) is 13.3 Å². The molecule has 0 fully saturated rings. The molecular formula is C20H23ClN6O3S. The van der Waals surface area contributed by atoms with Gasteiger partial charge < -0.3 is 19.9 Å². The van der Waals surface area contributed by atoms with Crippen LogP contribution in [0, 0.1) is 5.92 Å². The van der Waals surface area contributed by atoms with Crippen molar-refractivity contribution >= 4 is 39.9 Å². The number of pyridine rings is 1. The van der Waals surface area contributed by atoms with E-state index in [1.54, 1.807) is 30.9 Å². The average Bonchev–Trinajstić information content (AvgIpc) is 3.44. The lowest BCUT2D eigenvalue weighted by Crippen LogP contribution is -2.28. The molecule has 0 aliphatic carbocycles. The summed E-state index contributed by atoms with van der Waals surface area (Å²) < 4.78 is 7.13. The van der Waals surface area contributed by atoms with Crippen LogP contribution in [0.1, 0.15) is 21.8 Å². The van der Waals surface area contributed by atoms with E-state index in [0.717, 1.165) is 30.0 Å². The lowest BCUT2D eigenvalue weighted by molar-refractivity contribution is -0.121. The molecule has 0 spiro atoms. The highest BCUT2D eigenvalue weighted by Gasteiger charge is 2.21. The highest BCUT2D eigenvalue weighted by Crippen LogP contribution is 2.20. The van der Waals surface area contributed by atoms with Gasteiger partial charge in [-0.05, 0) is 18.6 Å².